The fourth-order valence-corrected chi connectivity index (χ4v) is 4.49. The first-order valence-corrected chi connectivity index (χ1v) is 9.84. The molecule has 26 heavy (non-hydrogen) atoms. The molecule has 0 spiro atoms. The van der Waals surface area contributed by atoms with Crippen LogP contribution in [0.5, 0.6) is 0 Å². The quantitative estimate of drug-likeness (QED) is 0.897. The Balaban J connectivity index is 1.92. The average Bonchev–Trinajstić information content (AvgIpc) is 2.67. The van der Waals surface area contributed by atoms with Crippen LogP contribution in [-0.4, -0.2) is 32.0 Å². The van der Waals surface area contributed by atoms with Gasteiger partial charge in [-0.15, -0.1) is 0 Å². The molecule has 6 nitrogen and oxygen atoms in total. The van der Waals surface area contributed by atoms with E-state index in [9.17, 15) is 18.0 Å². The van der Waals surface area contributed by atoms with Crippen LogP contribution in [-0.2, 0) is 19.4 Å². The van der Waals surface area contributed by atoms with Crippen LogP contribution in [0.3, 0.4) is 0 Å². The van der Waals surface area contributed by atoms with Crippen LogP contribution < -0.4 is 10.2 Å². The van der Waals surface area contributed by atoms with Gasteiger partial charge in [-0.05, 0) is 37.6 Å². The highest BCUT2D eigenvalue weighted by Gasteiger charge is 2.36. The first-order chi connectivity index (χ1) is 12.3. The second-order valence-electron chi connectivity index (χ2n) is 6.37. The van der Waals surface area contributed by atoms with Gasteiger partial charge in [0, 0.05) is 12.1 Å². The van der Waals surface area contributed by atoms with Gasteiger partial charge in [0.05, 0.1) is 15.8 Å². The van der Waals surface area contributed by atoms with Gasteiger partial charge in [-0.1, -0.05) is 30.3 Å². The molecule has 0 aliphatic carbocycles. The molecule has 0 radical (unpaired) electrons. The number of anilines is 2. The zero-order valence-corrected chi connectivity index (χ0v) is 15.4. The molecule has 1 unspecified atom stereocenters. The highest BCUT2D eigenvalue weighted by Crippen LogP contribution is 2.33. The molecule has 136 valence electrons. The Hall–Kier alpha value is -2.67. The van der Waals surface area contributed by atoms with Gasteiger partial charge in [0.25, 0.3) is 0 Å². The molecular weight excluding hydrogens is 352 g/mol. The third kappa shape index (κ3) is 3.35. The highest BCUT2D eigenvalue weighted by molar-refractivity contribution is 7.92. The number of rotatable bonds is 3. The molecule has 1 atom stereocenters. The average molecular weight is 372 g/mol. The second-order valence-corrected chi connectivity index (χ2v) is 8.71. The van der Waals surface area contributed by atoms with E-state index in [1.165, 1.54) is 17.9 Å². The molecule has 0 bridgehead atoms. The lowest BCUT2D eigenvalue weighted by molar-refractivity contribution is -0.121. The monoisotopic (exact) mass is 372 g/mol. The summed E-state index contributed by atoms with van der Waals surface area (Å²) in [6, 6.07) is 13.6. The summed E-state index contributed by atoms with van der Waals surface area (Å²) in [5.41, 5.74) is 1.82. The summed E-state index contributed by atoms with van der Waals surface area (Å²) >= 11 is 0. The summed E-state index contributed by atoms with van der Waals surface area (Å²) in [7, 11) is -3.62. The van der Waals surface area contributed by atoms with Crippen LogP contribution in [0.4, 0.5) is 11.4 Å². The van der Waals surface area contributed by atoms with Crippen LogP contribution in [0, 0.1) is 6.92 Å². The van der Waals surface area contributed by atoms with Crippen LogP contribution in [0.2, 0.25) is 0 Å². The fraction of sp³-hybridized carbons (Fsp3) is 0.263. The number of para-hydroxylation sites is 2. The van der Waals surface area contributed by atoms with Gasteiger partial charge in [0.1, 0.15) is 6.54 Å². The Morgan fingerprint density at radius 2 is 1.81 bits per heavy atom. The molecule has 0 saturated carbocycles. The molecular formula is C19H20N2O4S. The van der Waals surface area contributed by atoms with Gasteiger partial charge in [-0.3, -0.25) is 9.59 Å². The van der Waals surface area contributed by atoms with Crippen molar-refractivity contribution in [3.8, 4) is 0 Å². The summed E-state index contributed by atoms with van der Waals surface area (Å²) in [6.45, 7) is 3.14. The maximum atomic E-state index is 12.7. The minimum Gasteiger partial charge on any atom is -0.324 e. The number of sulfone groups is 1. The molecule has 2 amide bonds. The summed E-state index contributed by atoms with van der Waals surface area (Å²) in [5.74, 6) is -0.764. The lowest BCUT2D eigenvalue weighted by atomic mass is 10.2. The van der Waals surface area contributed by atoms with Gasteiger partial charge < -0.3 is 10.2 Å². The van der Waals surface area contributed by atoms with Gasteiger partial charge in [0.15, 0.2) is 9.84 Å². The summed E-state index contributed by atoms with van der Waals surface area (Å²) < 4.78 is 25.3. The zero-order chi connectivity index (χ0) is 18.9. The third-order valence-corrected chi connectivity index (χ3v) is 6.66. The maximum absolute atomic E-state index is 12.7. The minimum atomic E-state index is -3.62. The van der Waals surface area contributed by atoms with E-state index < -0.39 is 15.1 Å². The van der Waals surface area contributed by atoms with Crippen LogP contribution in [0.1, 0.15) is 18.9 Å². The van der Waals surface area contributed by atoms with E-state index in [0.29, 0.717) is 5.69 Å². The molecule has 0 saturated heterocycles. The van der Waals surface area contributed by atoms with E-state index in [0.717, 1.165) is 5.56 Å². The number of carbonyl (C=O) groups excluding carboxylic acids is 2. The zero-order valence-electron chi connectivity index (χ0n) is 14.6. The van der Waals surface area contributed by atoms with Gasteiger partial charge in [-0.25, -0.2) is 8.42 Å². The number of carbonyl (C=O) groups is 2. The lowest BCUT2D eigenvalue weighted by Crippen LogP contribution is -2.38. The Labute approximate surface area is 152 Å². The molecule has 3 rings (SSSR count). The summed E-state index contributed by atoms with van der Waals surface area (Å²) in [4.78, 5) is 26.4. The van der Waals surface area contributed by atoms with Crippen molar-refractivity contribution < 1.29 is 18.0 Å². The second kappa shape index (κ2) is 6.92. The summed E-state index contributed by atoms with van der Waals surface area (Å²) in [6.07, 6.45) is -0.158. The largest absolute Gasteiger partial charge is 0.324 e. The van der Waals surface area contributed by atoms with Gasteiger partial charge in [0.2, 0.25) is 11.8 Å². The summed E-state index contributed by atoms with van der Waals surface area (Å²) in [5, 5.41) is 1.95. The van der Waals surface area contributed by atoms with Crippen molar-refractivity contribution in [1.82, 2.24) is 0 Å². The lowest BCUT2D eigenvalue weighted by Gasteiger charge is -2.22. The molecule has 1 N–H and O–H groups in total. The Morgan fingerprint density at radius 1 is 1.15 bits per heavy atom. The number of aryl methyl sites for hydroxylation is 1. The Morgan fingerprint density at radius 3 is 2.54 bits per heavy atom. The maximum Gasteiger partial charge on any atom is 0.244 e. The molecule has 1 aliphatic heterocycles. The van der Waals surface area contributed by atoms with Crippen LogP contribution in [0.15, 0.2) is 53.4 Å². The van der Waals surface area contributed by atoms with Crippen molar-refractivity contribution >= 4 is 33.0 Å². The van der Waals surface area contributed by atoms with Gasteiger partial charge >= 0.3 is 0 Å². The van der Waals surface area contributed by atoms with E-state index in [-0.39, 0.29) is 35.4 Å². The number of benzene rings is 2. The predicted octanol–water partition coefficient (Wildman–Crippen LogP) is 2.53. The van der Waals surface area contributed by atoms with Crippen LogP contribution in [0.25, 0.3) is 0 Å². The number of nitrogens with one attached hydrogen (secondary N) is 1. The number of hydrogen-bond acceptors (Lipinski definition) is 4. The smallest absolute Gasteiger partial charge is 0.244 e. The number of amides is 2. The van der Waals surface area contributed by atoms with E-state index in [4.69, 9.17) is 0 Å². The van der Waals surface area contributed by atoms with Crippen molar-refractivity contribution in [2.45, 2.75) is 30.4 Å². The molecule has 0 aromatic heterocycles. The molecule has 2 aromatic rings. The van der Waals surface area contributed by atoms with Crippen molar-refractivity contribution in [2.24, 2.45) is 0 Å². The minimum absolute atomic E-state index is 0.0852. The molecule has 1 aliphatic rings. The molecule has 7 heteroatoms. The first kappa shape index (κ1) is 18.1. The Kier molecular flexibility index (Phi) is 4.82. The topological polar surface area (TPSA) is 83.6 Å². The number of hydrogen-bond donors (Lipinski definition) is 1. The molecule has 2 aromatic carbocycles. The number of nitrogens with zero attached hydrogens (tertiary/aromatic N) is 1. The third-order valence-electron chi connectivity index (χ3n) is 4.48. The first-order valence-electron chi connectivity index (χ1n) is 8.29. The molecule has 0 fully saturated rings. The van der Waals surface area contributed by atoms with Crippen LogP contribution >= 0.6 is 0 Å². The number of fused-ring (bicyclic) bond motifs is 1. The Bertz CT molecular complexity index is 969. The molecule has 1 heterocycles. The predicted molar refractivity (Wildman–Crippen MR) is 99.9 cm³/mol. The van der Waals surface area contributed by atoms with E-state index >= 15 is 0 Å². The fourth-order valence-electron chi connectivity index (χ4n) is 2.96. The van der Waals surface area contributed by atoms with Crippen molar-refractivity contribution in [3.05, 3.63) is 54.1 Å². The normalized spacial score (nSPS) is 18.8. The SMILES string of the molecule is Cc1ccccc1NC(=O)CN1C(=O)CC(C)S(=O)(=O)c2ccccc21. The van der Waals surface area contributed by atoms with E-state index in [1.54, 1.807) is 24.3 Å². The van der Waals surface area contributed by atoms with Crippen molar-refractivity contribution in [1.29, 1.82) is 0 Å². The van der Waals surface area contributed by atoms with Crippen molar-refractivity contribution in [2.75, 3.05) is 16.8 Å². The van der Waals surface area contributed by atoms with E-state index in [2.05, 4.69) is 5.32 Å². The van der Waals surface area contributed by atoms with Gasteiger partial charge in [-0.2, -0.15) is 0 Å². The standard InChI is InChI=1S/C19H20N2O4S/c1-13-7-3-4-8-15(13)20-18(22)12-21-16-9-5-6-10-17(16)26(24,25)14(2)11-19(21)23/h3-10,14H,11-12H2,1-2H3,(H,20,22). The van der Waals surface area contributed by atoms with Crippen molar-refractivity contribution in [3.63, 3.8) is 0 Å². The highest BCUT2D eigenvalue weighted by atomic mass is 32.2. The van der Waals surface area contributed by atoms with E-state index in [1.807, 2.05) is 25.1 Å².